The quantitative estimate of drug-likeness (QED) is 0.305. The Kier molecular flexibility index (Phi) is 9.03. The minimum absolute atomic E-state index is 0. The van der Waals surface area contributed by atoms with Crippen LogP contribution in [0.5, 0.6) is 0 Å². The molecule has 0 saturated heterocycles. The average Bonchev–Trinajstić information content (AvgIpc) is 3.13. The Hall–Kier alpha value is -2.69. The fourth-order valence-corrected chi connectivity index (χ4v) is 3.58. The second-order valence-electron chi connectivity index (χ2n) is 6.45. The van der Waals surface area contributed by atoms with Crippen LogP contribution in [0.3, 0.4) is 0 Å². The van der Waals surface area contributed by atoms with E-state index in [9.17, 15) is 9.59 Å². The third-order valence-corrected chi connectivity index (χ3v) is 4.88. The molecule has 4 rings (SSSR count). The standard InChI is InChI=1S/C24H18O2.2FH.Ti/c25-23(18-10-3-1-4-11-18)22(24(26)19-12-5-2-6-13-19)21-16-15-17-9-7-8-14-20(17)21;;;/h1-16,21-22H;2*1H;/q;;;+2/p-2. The van der Waals surface area contributed by atoms with Gasteiger partial charge in [-0.05, 0) is 11.1 Å². The van der Waals surface area contributed by atoms with Crippen molar-refractivity contribution in [2.75, 3.05) is 0 Å². The Morgan fingerprint density at radius 2 is 1.10 bits per heavy atom. The maximum Gasteiger partial charge on any atom is 2.00 e. The summed E-state index contributed by atoms with van der Waals surface area (Å²) in [4.78, 5) is 26.6. The molecule has 0 amide bonds. The smallest absolute Gasteiger partial charge is 1.00 e. The minimum atomic E-state index is -0.764. The van der Waals surface area contributed by atoms with Crippen molar-refractivity contribution in [3.05, 3.63) is 113 Å². The first-order chi connectivity index (χ1) is 12.8. The summed E-state index contributed by atoms with van der Waals surface area (Å²) < 4.78 is 0. The van der Waals surface area contributed by atoms with Gasteiger partial charge in [0.05, 0.1) is 5.92 Å². The molecule has 1 unspecified atom stereocenters. The van der Waals surface area contributed by atoms with Crippen molar-refractivity contribution in [3.63, 3.8) is 0 Å². The summed E-state index contributed by atoms with van der Waals surface area (Å²) in [6.45, 7) is 0. The molecule has 5 heteroatoms. The Morgan fingerprint density at radius 1 is 0.655 bits per heavy atom. The number of Topliss-reactive ketones (excluding diaryl/α,β-unsaturated/α-hetero) is 2. The van der Waals surface area contributed by atoms with E-state index < -0.39 is 5.92 Å². The number of fused-ring (bicyclic) bond motifs is 1. The van der Waals surface area contributed by atoms with Crippen LogP contribution in [0.1, 0.15) is 37.8 Å². The zero-order chi connectivity index (χ0) is 17.9. The van der Waals surface area contributed by atoms with Gasteiger partial charge in [0, 0.05) is 17.0 Å². The number of carbonyl (C=O) groups is 2. The Bertz CT molecular complexity index is 937. The number of hydrogen-bond acceptors (Lipinski definition) is 2. The summed E-state index contributed by atoms with van der Waals surface area (Å²) in [5.74, 6) is -1.28. The molecule has 0 fully saturated rings. The zero-order valence-corrected chi connectivity index (χ0v) is 17.0. The monoisotopic (exact) mass is 424 g/mol. The number of allylic oxidation sites excluding steroid dienone is 1. The van der Waals surface area contributed by atoms with E-state index in [4.69, 9.17) is 0 Å². The van der Waals surface area contributed by atoms with Crippen LogP contribution in [-0.2, 0) is 21.7 Å². The van der Waals surface area contributed by atoms with E-state index in [1.165, 1.54) is 0 Å². The molecule has 1 atom stereocenters. The van der Waals surface area contributed by atoms with Crippen molar-refractivity contribution in [1.29, 1.82) is 0 Å². The Morgan fingerprint density at radius 3 is 1.62 bits per heavy atom. The van der Waals surface area contributed by atoms with Gasteiger partial charge in [-0.25, -0.2) is 0 Å². The van der Waals surface area contributed by atoms with Gasteiger partial charge in [0.1, 0.15) is 0 Å². The second-order valence-corrected chi connectivity index (χ2v) is 6.45. The summed E-state index contributed by atoms with van der Waals surface area (Å²) in [6.07, 6.45) is 3.99. The first-order valence-electron chi connectivity index (χ1n) is 8.71. The number of halogens is 2. The van der Waals surface area contributed by atoms with Crippen molar-refractivity contribution in [2.24, 2.45) is 5.92 Å². The molecule has 2 nitrogen and oxygen atoms in total. The van der Waals surface area contributed by atoms with Gasteiger partial charge in [0.15, 0.2) is 11.6 Å². The normalized spacial score (nSPS) is 13.5. The molecule has 3 aromatic carbocycles. The molecule has 3 aromatic rings. The predicted octanol–water partition coefficient (Wildman–Crippen LogP) is -0.815. The second kappa shape index (κ2) is 10.7. The first-order valence-corrected chi connectivity index (χ1v) is 8.71. The molecule has 0 saturated carbocycles. The maximum absolute atomic E-state index is 13.3. The molecule has 144 valence electrons. The van der Waals surface area contributed by atoms with E-state index in [2.05, 4.69) is 0 Å². The van der Waals surface area contributed by atoms with E-state index in [1.807, 2.05) is 72.8 Å². The molecule has 1 aliphatic rings. The van der Waals surface area contributed by atoms with Crippen LogP contribution >= 0.6 is 0 Å². The fraction of sp³-hybridized carbons (Fsp3) is 0.0833. The van der Waals surface area contributed by atoms with Gasteiger partial charge >= 0.3 is 21.7 Å². The van der Waals surface area contributed by atoms with Crippen LogP contribution in [0.2, 0.25) is 0 Å². The summed E-state index contributed by atoms with van der Waals surface area (Å²) in [5.41, 5.74) is 3.24. The molecular formula is C24H18F2O2Ti. The third-order valence-electron chi connectivity index (χ3n) is 4.88. The molecule has 0 N–H and O–H groups in total. The number of ketones is 2. The van der Waals surface area contributed by atoms with Crippen LogP contribution in [0.15, 0.2) is 91.0 Å². The van der Waals surface area contributed by atoms with Gasteiger partial charge in [0.25, 0.3) is 0 Å². The molecule has 0 heterocycles. The van der Waals surface area contributed by atoms with E-state index in [-0.39, 0.29) is 48.6 Å². The van der Waals surface area contributed by atoms with Gasteiger partial charge in [-0.15, -0.1) is 0 Å². The average molecular weight is 424 g/mol. The zero-order valence-electron chi connectivity index (χ0n) is 15.5. The molecule has 0 aromatic heterocycles. The number of rotatable bonds is 5. The molecule has 0 bridgehead atoms. The third kappa shape index (κ3) is 4.84. The maximum atomic E-state index is 13.3. The summed E-state index contributed by atoms with van der Waals surface area (Å²) >= 11 is 0. The summed E-state index contributed by atoms with van der Waals surface area (Å²) in [5, 5.41) is 0. The number of hydrogen-bond donors (Lipinski definition) is 0. The number of benzene rings is 3. The van der Waals surface area contributed by atoms with Gasteiger partial charge < -0.3 is 9.41 Å². The molecular weight excluding hydrogens is 406 g/mol. The molecule has 29 heavy (non-hydrogen) atoms. The van der Waals surface area contributed by atoms with E-state index in [0.717, 1.165) is 11.1 Å². The molecule has 0 radical (unpaired) electrons. The van der Waals surface area contributed by atoms with Crippen LogP contribution in [0, 0.1) is 5.92 Å². The van der Waals surface area contributed by atoms with Crippen LogP contribution in [-0.4, -0.2) is 11.6 Å². The molecule has 0 aliphatic heterocycles. The van der Waals surface area contributed by atoms with Gasteiger partial charge in [-0.1, -0.05) is 97.1 Å². The predicted molar refractivity (Wildman–Crippen MR) is 103 cm³/mol. The summed E-state index contributed by atoms with van der Waals surface area (Å²) in [7, 11) is 0. The van der Waals surface area contributed by atoms with Gasteiger partial charge in [-0.2, -0.15) is 0 Å². The topological polar surface area (TPSA) is 34.1 Å². The Balaban J connectivity index is 0.00000140. The fourth-order valence-electron chi connectivity index (χ4n) is 3.58. The Labute approximate surface area is 183 Å². The summed E-state index contributed by atoms with van der Waals surface area (Å²) in [6, 6.07) is 26.1. The molecule has 1 aliphatic carbocycles. The first kappa shape index (κ1) is 24.4. The van der Waals surface area contributed by atoms with Crippen molar-refractivity contribution >= 4 is 17.6 Å². The van der Waals surface area contributed by atoms with Crippen molar-refractivity contribution < 1.29 is 40.7 Å². The van der Waals surface area contributed by atoms with E-state index >= 15 is 0 Å². The SMILES string of the molecule is O=C(c1ccccc1)C(C(=O)c1ccccc1)C1C=Cc2ccccc21.[F-].[F-].[Ti+2]. The van der Waals surface area contributed by atoms with Crippen molar-refractivity contribution in [2.45, 2.75) is 5.92 Å². The number of carbonyl (C=O) groups excluding carboxylic acids is 2. The van der Waals surface area contributed by atoms with Crippen LogP contribution in [0.25, 0.3) is 6.08 Å². The largest absolute Gasteiger partial charge is 2.00 e. The molecule has 0 spiro atoms. The van der Waals surface area contributed by atoms with Crippen molar-refractivity contribution in [1.82, 2.24) is 0 Å². The van der Waals surface area contributed by atoms with Gasteiger partial charge in [0.2, 0.25) is 0 Å². The van der Waals surface area contributed by atoms with Crippen LogP contribution < -0.4 is 9.41 Å². The van der Waals surface area contributed by atoms with Crippen molar-refractivity contribution in [3.8, 4) is 0 Å². The van der Waals surface area contributed by atoms with Crippen LogP contribution in [0.4, 0.5) is 0 Å². The van der Waals surface area contributed by atoms with Gasteiger partial charge in [-0.3, -0.25) is 9.59 Å². The van der Waals surface area contributed by atoms with E-state index in [1.54, 1.807) is 24.3 Å². The van der Waals surface area contributed by atoms with E-state index in [0.29, 0.717) is 11.1 Å². The minimum Gasteiger partial charge on any atom is -1.00 e.